The Bertz CT molecular complexity index is 381. The van der Waals surface area contributed by atoms with Crippen molar-refractivity contribution in [2.75, 3.05) is 32.9 Å². The summed E-state index contributed by atoms with van der Waals surface area (Å²) in [5, 5.41) is 3.48. The van der Waals surface area contributed by atoms with E-state index in [1.54, 1.807) is 0 Å². The molecule has 0 aromatic carbocycles. The van der Waals surface area contributed by atoms with Crippen LogP contribution in [0.5, 0.6) is 0 Å². The number of hydrogen-bond donors (Lipinski definition) is 2. The smallest absolute Gasteiger partial charge is 0.209 e. The first-order valence-electron chi connectivity index (χ1n) is 7.00. The van der Waals surface area contributed by atoms with Gasteiger partial charge >= 0.3 is 0 Å². The van der Waals surface area contributed by atoms with Crippen LogP contribution in [0.15, 0.2) is 0 Å². The summed E-state index contributed by atoms with van der Waals surface area (Å²) in [6.07, 6.45) is 3.70. The highest BCUT2D eigenvalue weighted by molar-refractivity contribution is 7.88. The zero-order valence-corrected chi connectivity index (χ0v) is 13.7. The fourth-order valence-electron chi connectivity index (χ4n) is 2.74. The van der Waals surface area contributed by atoms with Gasteiger partial charge in [-0.1, -0.05) is 0 Å². The maximum atomic E-state index is 11.3. The number of likely N-dealkylation sites (tertiary alicyclic amines) is 1. The van der Waals surface area contributed by atoms with Gasteiger partial charge in [0.25, 0.3) is 0 Å². The second kappa shape index (κ2) is 6.52. The van der Waals surface area contributed by atoms with Gasteiger partial charge in [0.1, 0.15) is 0 Å². The predicted molar refractivity (Wildman–Crippen MR) is 79.7 cm³/mol. The maximum absolute atomic E-state index is 11.3. The molecule has 1 aliphatic heterocycles. The minimum absolute atomic E-state index is 0.406. The number of hydrogen-bond acceptors (Lipinski definition) is 4. The molecule has 0 bridgehead atoms. The lowest BCUT2D eigenvalue weighted by Crippen LogP contribution is -2.53. The van der Waals surface area contributed by atoms with Gasteiger partial charge in [-0.25, -0.2) is 13.1 Å². The molecule has 0 aromatic rings. The molecule has 1 heterocycles. The molecule has 1 fully saturated rings. The summed E-state index contributed by atoms with van der Waals surface area (Å²) in [6.45, 7) is 8.95. The van der Waals surface area contributed by atoms with Crippen LogP contribution < -0.4 is 10.0 Å². The van der Waals surface area contributed by atoms with Crippen LogP contribution >= 0.6 is 0 Å². The van der Waals surface area contributed by atoms with E-state index in [9.17, 15) is 8.42 Å². The van der Waals surface area contributed by atoms with Crippen molar-refractivity contribution in [3.8, 4) is 0 Å². The lowest BCUT2D eigenvalue weighted by Gasteiger charge is -2.35. The number of sulfonamides is 1. The van der Waals surface area contributed by atoms with Crippen LogP contribution in [-0.4, -0.2) is 57.8 Å². The predicted octanol–water partition coefficient (Wildman–Crippen LogP) is 0.634. The molecule has 0 saturated carbocycles. The summed E-state index contributed by atoms with van der Waals surface area (Å²) in [5.41, 5.74) is -0.456. The monoisotopic (exact) mass is 291 g/mol. The van der Waals surface area contributed by atoms with Crippen LogP contribution in [0.1, 0.15) is 33.6 Å². The Balaban J connectivity index is 2.42. The lowest BCUT2D eigenvalue weighted by molar-refractivity contribution is 0.175. The zero-order chi connectivity index (χ0) is 14.7. The van der Waals surface area contributed by atoms with Crippen LogP contribution in [0, 0.1) is 5.92 Å². The van der Waals surface area contributed by atoms with Crippen LogP contribution in [0.3, 0.4) is 0 Å². The minimum Gasteiger partial charge on any atom is -0.312 e. The first-order valence-corrected chi connectivity index (χ1v) is 8.89. The largest absolute Gasteiger partial charge is 0.312 e. The summed E-state index contributed by atoms with van der Waals surface area (Å²) < 4.78 is 25.2. The molecule has 0 aliphatic carbocycles. The third-order valence-electron chi connectivity index (χ3n) is 3.70. The highest BCUT2D eigenvalue weighted by atomic mass is 32.2. The molecule has 114 valence electrons. The Labute approximate surface area is 118 Å². The third-order valence-corrected chi connectivity index (χ3v) is 4.62. The van der Waals surface area contributed by atoms with Gasteiger partial charge in [0, 0.05) is 24.7 Å². The van der Waals surface area contributed by atoms with Gasteiger partial charge in [-0.05, 0) is 53.1 Å². The Morgan fingerprint density at radius 2 is 2.05 bits per heavy atom. The normalized spacial score (nSPS) is 24.4. The summed E-state index contributed by atoms with van der Waals surface area (Å²) >= 11 is 0. The number of nitrogens with one attached hydrogen (secondary N) is 2. The Morgan fingerprint density at radius 3 is 2.58 bits per heavy atom. The van der Waals surface area contributed by atoms with E-state index in [0.717, 1.165) is 6.54 Å². The molecule has 1 saturated heterocycles. The van der Waals surface area contributed by atoms with E-state index >= 15 is 0 Å². The summed E-state index contributed by atoms with van der Waals surface area (Å²) in [7, 11) is -1.00. The summed E-state index contributed by atoms with van der Waals surface area (Å²) in [4.78, 5) is 2.37. The molecule has 2 unspecified atom stereocenters. The summed E-state index contributed by atoms with van der Waals surface area (Å²) in [5.74, 6) is 0.646. The van der Waals surface area contributed by atoms with Crippen molar-refractivity contribution >= 4 is 10.0 Å². The van der Waals surface area contributed by atoms with Gasteiger partial charge in [-0.15, -0.1) is 0 Å². The number of nitrogens with zero attached hydrogens (tertiary/aromatic N) is 1. The molecule has 2 N–H and O–H groups in total. The first kappa shape index (κ1) is 16.9. The van der Waals surface area contributed by atoms with E-state index in [0.29, 0.717) is 18.5 Å². The molecule has 19 heavy (non-hydrogen) atoms. The van der Waals surface area contributed by atoms with Gasteiger partial charge in [0.2, 0.25) is 10.0 Å². The van der Waals surface area contributed by atoms with Crippen molar-refractivity contribution < 1.29 is 8.42 Å². The summed E-state index contributed by atoms with van der Waals surface area (Å²) in [6, 6.07) is 0.406. The van der Waals surface area contributed by atoms with Crippen LogP contribution in [0.4, 0.5) is 0 Å². The van der Waals surface area contributed by atoms with Crippen LogP contribution in [0.2, 0.25) is 0 Å². The number of rotatable bonds is 6. The molecule has 0 spiro atoms. The molecular formula is C13H29N3O2S. The van der Waals surface area contributed by atoms with Gasteiger partial charge in [0.05, 0.1) is 6.26 Å². The van der Waals surface area contributed by atoms with Gasteiger partial charge < -0.3 is 10.2 Å². The van der Waals surface area contributed by atoms with Crippen molar-refractivity contribution in [2.45, 2.75) is 45.2 Å². The fourth-order valence-corrected chi connectivity index (χ4v) is 3.81. The molecule has 0 aromatic heterocycles. The van der Waals surface area contributed by atoms with Crippen LogP contribution in [0.25, 0.3) is 0 Å². The van der Waals surface area contributed by atoms with Crippen molar-refractivity contribution in [3.05, 3.63) is 0 Å². The van der Waals surface area contributed by atoms with Gasteiger partial charge in [-0.2, -0.15) is 0 Å². The van der Waals surface area contributed by atoms with Crippen LogP contribution in [-0.2, 0) is 10.0 Å². The van der Waals surface area contributed by atoms with Gasteiger partial charge in [0.15, 0.2) is 0 Å². The van der Waals surface area contributed by atoms with Crippen molar-refractivity contribution in [2.24, 2.45) is 5.92 Å². The fraction of sp³-hybridized carbons (Fsp3) is 1.00. The molecular weight excluding hydrogens is 262 g/mol. The highest BCUT2D eigenvalue weighted by Crippen LogP contribution is 2.18. The van der Waals surface area contributed by atoms with Crippen molar-refractivity contribution in [1.82, 2.24) is 14.9 Å². The van der Waals surface area contributed by atoms with E-state index < -0.39 is 15.6 Å². The lowest BCUT2D eigenvalue weighted by atomic mass is 9.91. The molecule has 2 atom stereocenters. The Hall–Kier alpha value is -0.170. The zero-order valence-electron chi connectivity index (χ0n) is 12.9. The SMILES string of the molecule is CC(NCC(C)(C)NS(C)(=O)=O)C1CCCN(C)C1. The molecule has 0 radical (unpaired) electrons. The van der Waals surface area contributed by atoms with E-state index in [-0.39, 0.29) is 0 Å². The molecule has 0 amide bonds. The van der Waals surface area contributed by atoms with E-state index in [1.807, 2.05) is 13.8 Å². The highest BCUT2D eigenvalue weighted by Gasteiger charge is 2.26. The Morgan fingerprint density at radius 1 is 1.42 bits per heavy atom. The van der Waals surface area contributed by atoms with Crippen molar-refractivity contribution in [3.63, 3.8) is 0 Å². The topological polar surface area (TPSA) is 61.4 Å². The number of piperidine rings is 1. The average Bonchev–Trinajstić information content (AvgIpc) is 2.22. The second-order valence-electron chi connectivity index (χ2n) is 6.59. The first-order chi connectivity index (χ1) is 8.59. The molecule has 1 rings (SSSR count). The third kappa shape index (κ3) is 6.70. The van der Waals surface area contributed by atoms with Crippen molar-refractivity contribution in [1.29, 1.82) is 0 Å². The second-order valence-corrected chi connectivity index (χ2v) is 8.34. The quantitative estimate of drug-likeness (QED) is 0.754. The van der Waals surface area contributed by atoms with E-state index in [1.165, 1.54) is 25.6 Å². The molecule has 5 nitrogen and oxygen atoms in total. The standard InChI is InChI=1S/C13H29N3O2S/c1-11(12-7-6-8-16(4)9-12)14-10-13(2,3)15-19(5,17)18/h11-12,14-15H,6-10H2,1-5H3. The molecule has 6 heteroatoms. The van der Waals surface area contributed by atoms with E-state index in [2.05, 4.69) is 28.9 Å². The maximum Gasteiger partial charge on any atom is 0.209 e. The minimum atomic E-state index is -3.16. The molecule has 1 aliphatic rings. The van der Waals surface area contributed by atoms with E-state index in [4.69, 9.17) is 0 Å². The Kier molecular flexibility index (Phi) is 5.79. The average molecular weight is 291 g/mol. The van der Waals surface area contributed by atoms with Gasteiger partial charge in [-0.3, -0.25) is 0 Å².